The van der Waals surface area contributed by atoms with Crippen molar-refractivity contribution in [3.05, 3.63) is 35.4 Å². The summed E-state index contributed by atoms with van der Waals surface area (Å²) in [4.78, 5) is 25.2. The minimum atomic E-state index is -0.515. The SMILES string of the molecule is CSC(=S)OC1(CN(C=O)C(=O)c2ccccc2C)CCC1. The lowest BCUT2D eigenvalue weighted by atomic mass is 9.79. The smallest absolute Gasteiger partial charge is 0.260 e. The maximum absolute atomic E-state index is 12.6. The number of amides is 2. The molecule has 2 rings (SSSR count). The summed E-state index contributed by atoms with van der Waals surface area (Å²) in [5.74, 6) is -0.293. The van der Waals surface area contributed by atoms with Crippen LogP contribution in [0.5, 0.6) is 0 Å². The van der Waals surface area contributed by atoms with Gasteiger partial charge in [-0.1, -0.05) is 30.0 Å². The summed E-state index contributed by atoms with van der Waals surface area (Å²) in [6.45, 7) is 2.10. The van der Waals surface area contributed by atoms with E-state index in [0.29, 0.717) is 16.4 Å². The molecule has 0 bridgehead atoms. The van der Waals surface area contributed by atoms with Crippen LogP contribution in [0.15, 0.2) is 24.3 Å². The third-order valence-corrected chi connectivity index (χ3v) is 4.95. The number of hydrogen-bond acceptors (Lipinski definition) is 5. The standard InChI is InChI=1S/C16H19NO3S2/c1-12-6-3-4-7-13(12)14(19)17(11-18)10-16(8-5-9-16)20-15(21)22-2/h3-4,6-7,11H,5,8-10H2,1-2H3. The third-order valence-electron chi connectivity index (χ3n) is 3.95. The first-order valence-corrected chi connectivity index (χ1v) is 8.73. The number of thiocarbonyl (C=S) groups is 1. The van der Waals surface area contributed by atoms with Gasteiger partial charge in [0, 0.05) is 5.56 Å². The van der Waals surface area contributed by atoms with E-state index in [1.54, 1.807) is 12.1 Å². The van der Waals surface area contributed by atoms with E-state index in [-0.39, 0.29) is 12.5 Å². The van der Waals surface area contributed by atoms with Crippen molar-refractivity contribution in [3.8, 4) is 0 Å². The van der Waals surface area contributed by atoms with E-state index >= 15 is 0 Å². The zero-order valence-electron chi connectivity index (χ0n) is 12.7. The average molecular weight is 337 g/mol. The molecule has 1 aliphatic rings. The Morgan fingerprint density at radius 1 is 1.45 bits per heavy atom. The minimum Gasteiger partial charge on any atom is -0.470 e. The van der Waals surface area contributed by atoms with E-state index in [4.69, 9.17) is 17.0 Å². The lowest BCUT2D eigenvalue weighted by molar-refractivity contribution is -0.120. The van der Waals surface area contributed by atoms with E-state index in [0.717, 1.165) is 24.8 Å². The van der Waals surface area contributed by atoms with Crippen LogP contribution in [0.4, 0.5) is 0 Å². The number of hydrogen-bond donors (Lipinski definition) is 0. The van der Waals surface area contributed by atoms with Crippen molar-refractivity contribution in [2.24, 2.45) is 0 Å². The fourth-order valence-corrected chi connectivity index (χ4v) is 2.95. The first-order valence-electron chi connectivity index (χ1n) is 7.10. The number of imide groups is 1. The zero-order chi connectivity index (χ0) is 16.2. The molecule has 0 N–H and O–H groups in total. The minimum absolute atomic E-state index is 0.240. The fourth-order valence-electron chi connectivity index (χ4n) is 2.52. The second kappa shape index (κ2) is 7.24. The summed E-state index contributed by atoms with van der Waals surface area (Å²) in [5.41, 5.74) is 0.874. The number of nitrogens with zero attached hydrogens (tertiary/aromatic N) is 1. The highest BCUT2D eigenvalue weighted by molar-refractivity contribution is 8.22. The maximum Gasteiger partial charge on any atom is 0.260 e. The Bertz CT molecular complexity index is 585. The van der Waals surface area contributed by atoms with Crippen molar-refractivity contribution in [2.45, 2.75) is 31.8 Å². The van der Waals surface area contributed by atoms with Gasteiger partial charge in [-0.25, -0.2) is 0 Å². The quantitative estimate of drug-likeness (QED) is 0.610. The normalized spacial score (nSPS) is 15.5. The lowest BCUT2D eigenvalue weighted by Crippen LogP contribution is -2.52. The topological polar surface area (TPSA) is 46.6 Å². The molecule has 1 saturated carbocycles. The van der Waals surface area contributed by atoms with Crippen LogP contribution in [-0.2, 0) is 9.53 Å². The van der Waals surface area contributed by atoms with Gasteiger partial charge in [-0.05, 0) is 56.3 Å². The maximum atomic E-state index is 12.6. The van der Waals surface area contributed by atoms with Gasteiger partial charge in [0.2, 0.25) is 10.8 Å². The van der Waals surface area contributed by atoms with Crippen LogP contribution in [0, 0.1) is 6.92 Å². The Morgan fingerprint density at radius 3 is 2.64 bits per heavy atom. The molecule has 0 aromatic heterocycles. The number of aryl methyl sites for hydroxylation is 1. The van der Waals surface area contributed by atoms with E-state index in [9.17, 15) is 9.59 Å². The monoisotopic (exact) mass is 337 g/mol. The number of carbonyl (C=O) groups is 2. The molecule has 0 radical (unpaired) electrons. The van der Waals surface area contributed by atoms with Crippen molar-refractivity contribution in [1.29, 1.82) is 0 Å². The number of ether oxygens (including phenoxy) is 1. The lowest BCUT2D eigenvalue weighted by Gasteiger charge is -2.43. The first-order chi connectivity index (χ1) is 10.5. The first kappa shape index (κ1) is 17.0. The van der Waals surface area contributed by atoms with Crippen LogP contribution in [0.25, 0.3) is 0 Å². The van der Waals surface area contributed by atoms with Crippen LogP contribution < -0.4 is 0 Å². The molecular weight excluding hydrogens is 318 g/mol. The van der Waals surface area contributed by atoms with E-state index in [1.165, 1.54) is 16.7 Å². The van der Waals surface area contributed by atoms with Gasteiger partial charge in [0.15, 0.2) is 0 Å². The van der Waals surface area contributed by atoms with Crippen LogP contribution >= 0.6 is 24.0 Å². The molecule has 118 valence electrons. The van der Waals surface area contributed by atoms with Crippen LogP contribution in [0.3, 0.4) is 0 Å². The van der Waals surface area contributed by atoms with Gasteiger partial charge < -0.3 is 4.74 Å². The summed E-state index contributed by atoms with van der Waals surface area (Å²) < 4.78 is 6.27. The Balaban J connectivity index is 2.14. The molecule has 0 spiro atoms. The van der Waals surface area contributed by atoms with Crippen LogP contribution in [0.1, 0.15) is 35.2 Å². The molecule has 0 heterocycles. The number of thioether (sulfide) groups is 1. The van der Waals surface area contributed by atoms with Crippen molar-refractivity contribution in [3.63, 3.8) is 0 Å². The van der Waals surface area contributed by atoms with Crippen molar-refractivity contribution < 1.29 is 14.3 Å². The summed E-state index contributed by atoms with van der Waals surface area (Å²) in [5, 5.41) is 0. The average Bonchev–Trinajstić information content (AvgIpc) is 2.49. The predicted molar refractivity (Wildman–Crippen MR) is 92.1 cm³/mol. The molecule has 0 unspecified atom stereocenters. The van der Waals surface area contributed by atoms with Crippen molar-refractivity contribution >= 4 is 40.7 Å². The summed E-state index contributed by atoms with van der Waals surface area (Å²) in [7, 11) is 0. The molecule has 0 atom stereocenters. The molecule has 1 aromatic rings. The van der Waals surface area contributed by atoms with E-state index in [1.807, 2.05) is 25.3 Å². The fraction of sp³-hybridized carbons (Fsp3) is 0.438. The Labute approximate surface area is 140 Å². The Morgan fingerprint density at radius 2 is 2.14 bits per heavy atom. The molecule has 1 aliphatic carbocycles. The van der Waals surface area contributed by atoms with Gasteiger partial charge in [-0.2, -0.15) is 0 Å². The van der Waals surface area contributed by atoms with Crippen molar-refractivity contribution in [2.75, 3.05) is 12.8 Å². The number of rotatable bonds is 5. The number of benzene rings is 1. The molecule has 6 heteroatoms. The second-order valence-electron chi connectivity index (χ2n) is 5.45. The highest BCUT2D eigenvalue weighted by atomic mass is 32.2. The largest absolute Gasteiger partial charge is 0.470 e. The Kier molecular flexibility index (Phi) is 5.58. The molecule has 1 aromatic carbocycles. The summed E-state index contributed by atoms with van der Waals surface area (Å²) in [6, 6.07) is 7.25. The van der Waals surface area contributed by atoms with Gasteiger partial charge in [0.1, 0.15) is 5.60 Å². The molecular formula is C16H19NO3S2. The highest BCUT2D eigenvalue weighted by Gasteiger charge is 2.42. The summed E-state index contributed by atoms with van der Waals surface area (Å²) in [6.07, 6.45) is 5.06. The Hall–Kier alpha value is -1.40. The van der Waals surface area contributed by atoms with Crippen LogP contribution in [-0.4, -0.2) is 40.0 Å². The third kappa shape index (κ3) is 3.67. The molecule has 4 nitrogen and oxygen atoms in total. The highest BCUT2D eigenvalue weighted by Crippen LogP contribution is 2.37. The van der Waals surface area contributed by atoms with E-state index < -0.39 is 5.60 Å². The second-order valence-corrected chi connectivity index (χ2v) is 6.85. The molecule has 2 amide bonds. The number of carbonyl (C=O) groups excluding carboxylic acids is 2. The van der Waals surface area contributed by atoms with Gasteiger partial charge in [0.25, 0.3) is 5.91 Å². The van der Waals surface area contributed by atoms with Gasteiger partial charge >= 0.3 is 0 Å². The van der Waals surface area contributed by atoms with Gasteiger partial charge in [-0.15, -0.1) is 0 Å². The predicted octanol–water partition coefficient (Wildman–Crippen LogP) is 3.18. The molecule has 0 saturated heterocycles. The molecule has 0 aliphatic heterocycles. The summed E-state index contributed by atoms with van der Waals surface area (Å²) >= 11 is 6.48. The molecule has 1 fully saturated rings. The van der Waals surface area contributed by atoms with Gasteiger partial charge in [0.05, 0.1) is 6.54 Å². The van der Waals surface area contributed by atoms with E-state index in [2.05, 4.69) is 0 Å². The zero-order valence-corrected chi connectivity index (χ0v) is 14.3. The molecule has 22 heavy (non-hydrogen) atoms. The van der Waals surface area contributed by atoms with Crippen LogP contribution in [0.2, 0.25) is 0 Å². The van der Waals surface area contributed by atoms with Gasteiger partial charge in [-0.3, -0.25) is 14.5 Å². The van der Waals surface area contributed by atoms with Crippen molar-refractivity contribution in [1.82, 2.24) is 4.90 Å².